The molecule has 23 heavy (non-hydrogen) atoms. The summed E-state index contributed by atoms with van der Waals surface area (Å²) in [7, 11) is 3.01. The Morgan fingerprint density at radius 1 is 1.17 bits per heavy atom. The summed E-state index contributed by atoms with van der Waals surface area (Å²) in [4.78, 5) is 42.9. The van der Waals surface area contributed by atoms with Gasteiger partial charge in [-0.05, 0) is 6.92 Å². The zero-order valence-corrected chi connectivity index (χ0v) is 13.5. The van der Waals surface area contributed by atoms with Crippen LogP contribution in [0.2, 0.25) is 0 Å². The highest BCUT2D eigenvalue weighted by molar-refractivity contribution is 5.81. The lowest BCUT2D eigenvalue weighted by atomic mass is 10.4. The van der Waals surface area contributed by atoms with Gasteiger partial charge in [-0.15, -0.1) is 0 Å². The van der Waals surface area contributed by atoms with E-state index in [1.807, 2.05) is 4.90 Å². The van der Waals surface area contributed by atoms with Crippen molar-refractivity contribution in [1.82, 2.24) is 24.0 Å². The van der Waals surface area contributed by atoms with E-state index < -0.39 is 11.2 Å². The Morgan fingerprint density at radius 2 is 1.83 bits per heavy atom. The van der Waals surface area contributed by atoms with E-state index in [-0.39, 0.29) is 12.3 Å². The summed E-state index contributed by atoms with van der Waals surface area (Å²) >= 11 is 0. The van der Waals surface area contributed by atoms with E-state index in [9.17, 15) is 14.4 Å². The fourth-order valence-corrected chi connectivity index (χ4v) is 2.91. The molecule has 9 heteroatoms. The maximum absolute atomic E-state index is 12.5. The third-order valence-electron chi connectivity index (χ3n) is 4.11. The molecule has 2 aromatic heterocycles. The number of nitrogens with one attached hydrogen (secondary N) is 1. The Labute approximate surface area is 132 Å². The van der Waals surface area contributed by atoms with E-state index in [0.29, 0.717) is 17.1 Å². The Hall–Kier alpha value is -2.42. The van der Waals surface area contributed by atoms with Crippen LogP contribution in [0.15, 0.2) is 9.59 Å². The normalized spacial score (nSPS) is 15.3. The van der Waals surface area contributed by atoms with Crippen molar-refractivity contribution < 1.29 is 4.79 Å². The number of imidazole rings is 1. The van der Waals surface area contributed by atoms with Gasteiger partial charge in [-0.3, -0.25) is 23.3 Å². The number of carbonyl (C=O) groups excluding carboxylic acids is 1. The van der Waals surface area contributed by atoms with Crippen LogP contribution in [0.1, 0.15) is 6.92 Å². The molecule has 1 aliphatic heterocycles. The molecule has 1 saturated heterocycles. The van der Waals surface area contributed by atoms with Gasteiger partial charge in [-0.25, -0.2) is 4.79 Å². The van der Waals surface area contributed by atoms with E-state index in [2.05, 4.69) is 10.3 Å². The molecule has 0 aromatic carbocycles. The minimum atomic E-state index is -0.432. The largest absolute Gasteiger partial charge is 0.340 e. The highest BCUT2D eigenvalue weighted by atomic mass is 16.2. The lowest BCUT2D eigenvalue weighted by Crippen LogP contribution is -2.44. The Bertz CT molecular complexity index is 885. The topological polar surface area (TPSA) is 94.2 Å². The molecule has 0 unspecified atom stereocenters. The van der Waals surface area contributed by atoms with E-state index in [0.717, 1.165) is 30.7 Å². The predicted molar refractivity (Wildman–Crippen MR) is 86.0 cm³/mol. The van der Waals surface area contributed by atoms with Crippen molar-refractivity contribution in [3.8, 4) is 0 Å². The van der Waals surface area contributed by atoms with Crippen molar-refractivity contribution in [2.24, 2.45) is 14.1 Å². The van der Waals surface area contributed by atoms with Crippen LogP contribution in [0.25, 0.3) is 11.2 Å². The van der Waals surface area contributed by atoms with Crippen LogP contribution in [0, 0.1) is 0 Å². The van der Waals surface area contributed by atoms with Crippen molar-refractivity contribution >= 4 is 22.9 Å². The number of rotatable bonds is 3. The molecule has 0 bridgehead atoms. The number of carbonyl (C=O) groups is 1. The van der Waals surface area contributed by atoms with Crippen LogP contribution in [0.5, 0.6) is 0 Å². The summed E-state index contributed by atoms with van der Waals surface area (Å²) in [5.41, 5.74) is -0.258. The third kappa shape index (κ3) is 2.46. The molecule has 1 N–H and O–H groups in total. The monoisotopic (exact) mass is 320 g/mol. The summed E-state index contributed by atoms with van der Waals surface area (Å²) in [5.74, 6) is 0.492. The molecular formula is C14H20N6O3. The van der Waals surface area contributed by atoms with E-state index >= 15 is 0 Å². The summed E-state index contributed by atoms with van der Waals surface area (Å²) in [5, 5.41) is 3.25. The summed E-state index contributed by atoms with van der Waals surface area (Å²) < 4.78 is 4.02. The van der Waals surface area contributed by atoms with Gasteiger partial charge in [0, 0.05) is 40.3 Å². The zero-order chi connectivity index (χ0) is 16.7. The van der Waals surface area contributed by atoms with Crippen LogP contribution in [0.3, 0.4) is 0 Å². The minimum Gasteiger partial charge on any atom is -0.340 e. The standard InChI is InChI=1S/C14H20N6O3/c1-9(21)8-20-10-11(17(2)14(23)18(3)12(10)22)16-13(20)19-6-4-15-5-7-19/h15H,4-8H2,1-3H3. The average Bonchev–Trinajstić information content (AvgIpc) is 2.90. The molecule has 1 aliphatic rings. The van der Waals surface area contributed by atoms with Crippen LogP contribution in [0.4, 0.5) is 5.95 Å². The number of anilines is 1. The van der Waals surface area contributed by atoms with Crippen molar-refractivity contribution in [3.05, 3.63) is 20.8 Å². The van der Waals surface area contributed by atoms with Gasteiger partial charge in [-0.1, -0.05) is 0 Å². The van der Waals surface area contributed by atoms with Crippen LogP contribution in [-0.2, 0) is 25.4 Å². The molecule has 0 spiro atoms. The SMILES string of the molecule is CC(=O)Cn1c(N2CCNCC2)nc2c1c(=O)n(C)c(=O)n2C. The van der Waals surface area contributed by atoms with Gasteiger partial charge >= 0.3 is 5.69 Å². The number of fused-ring (bicyclic) bond motifs is 1. The van der Waals surface area contributed by atoms with Crippen molar-refractivity contribution in [2.75, 3.05) is 31.1 Å². The summed E-state index contributed by atoms with van der Waals surface area (Å²) in [6, 6.07) is 0. The van der Waals surface area contributed by atoms with E-state index in [4.69, 9.17) is 0 Å². The predicted octanol–water partition coefficient (Wildman–Crippen LogP) is -1.57. The van der Waals surface area contributed by atoms with Crippen molar-refractivity contribution in [1.29, 1.82) is 0 Å². The second kappa shape index (κ2) is 5.65. The van der Waals surface area contributed by atoms with E-state index in [1.165, 1.54) is 18.5 Å². The first-order valence-corrected chi connectivity index (χ1v) is 7.53. The molecular weight excluding hydrogens is 300 g/mol. The summed E-state index contributed by atoms with van der Waals surface area (Å²) in [6.07, 6.45) is 0. The molecule has 3 rings (SSSR count). The number of nitrogens with zero attached hydrogens (tertiary/aromatic N) is 5. The minimum absolute atomic E-state index is 0.0587. The van der Waals surface area contributed by atoms with Crippen molar-refractivity contribution in [3.63, 3.8) is 0 Å². The number of hydrogen-bond acceptors (Lipinski definition) is 6. The van der Waals surface area contributed by atoms with Gasteiger partial charge < -0.3 is 10.2 Å². The van der Waals surface area contributed by atoms with Gasteiger partial charge in [0.1, 0.15) is 5.78 Å². The Morgan fingerprint density at radius 3 is 2.43 bits per heavy atom. The number of Topliss-reactive ketones (excluding diaryl/α,β-unsaturated/α-hetero) is 1. The smallest absolute Gasteiger partial charge is 0.332 e. The lowest BCUT2D eigenvalue weighted by molar-refractivity contribution is -0.117. The second-order valence-electron chi connectivity index (χ2n) is 5.81. The number of aryl methyl sites for hydroxylation is 1. The van der Waals surface area contributed by atoms with Gasteiger partial charge in [-0.2, -0.15) is 4.98 Å². The van der Waals surface area contributed by atoms with Crippen molar-refractivity contribution in [2.45, 2.75) is 13.5 Å². The maximum Gasteiger partial charge on any atom is 0.332 e. The number of hydrogen-bond donors (Lipinski definition) is 1. The van der Waals surface area contributed by atoms with Crippen LogP contribution in [-0.4, -0.2) is 50.6 Å². The molecule has 3 heterocycles. The number of ketones is 1. The first-order chi connectivity index (χ1) is 10.9. The van der Waals surface area contributed by atoms with Gasteiger partial charge in [0.15, 0.2) is 11.2 Å². The third-order valence-corrected chi connectivity index (χ3v) is 4.11. The van der Waals surface area contributed by atoms with Gasteiger partial charge in [0.2, 0.25) is 5.95 Å². The summed E-state index contributed by atoms with van der Waals surface area (Å²) in [6.45, 7) is 4.61. The molecule has 0 radical (unpaired) electrons. The molecule has 124 valence electrons. The second-order valence-corrected chi connectivity index (χ2v) is 5.81. The zero-order valence-electron chi connectivity index (χ0n) is 13.5. The van der Waals surface area contributed by atoms with Crippen LogP contribution >= 0.6 is 0 Å². The highest BCUT2D eigenvalue weighted by Crippen LogP contribution is 2.20. The molecule has 0 aliphatic carbocycles. The number of piperazine rings is 1. The molecule has 0 atom stereocenters. The molecule has 0 amide bonds. The molecule has 9 nitrogen and oxygen atoms in total. The molecule has 1 fully saturated rings. The quantitative estimate of drug-likeness (QED) is 0.734. The lowest BCUT2D eigenvalue weighted by Gasteiger charge is -2.28. The molecule has 2 aromatic rings. The fourth-order valence-electron chi connectivity index (χ4n) is 2.91. The number of aromatic nitrogens is 4. The Kier molecular flexibility index (Phi) is 3.80. The van der Waals surface area contributed by atoms with E-state index in [1.54, 1.807) is 11.6 Å². The molecule has 0 saturated carbocycles. The highest BCUT2D eigenvalue weighted by Gasteiger charge is 2.24. The average molecular weight is 320 g/mol. The maximum atomic E-state index is 12.5. The first kappa shape index (κ1) is 15.5. The Balaban J connectivity index is 2.33. The van der Waals surface area contributed by atoms with Gasteiger partial charge in [0.05, 0.1) is 6.54 Å². The van der Waals surface area contributed by atoms with Crippen LogP contribution < -0.4 is 21.5 Å². The first-order valence-electron chi connectivity index (χ1n) is 7.53. The fraction of sp³-hybridized carbons (Fsp3) is 0.571. The van der Waals surface area contributed by atoms with Gasteiger partial charge in [0.25, 0.3) is 5.56 Å².